The molecule has 64 valence electrons. The van der Waals surface area contributed by atoms with Crippen LogP contribution in [0, 0.1) is 5.92 Å². The Morgan fingerprint density at radius 2 is 2.27 bits per heavy atom. The first-order valence-electron chi connectivity index (χ1n) is 3.94. The lowest BCUT2D eigenvalue weighted by Gasteiger charge is -2.34. The number of hydrogen-bond donors (Lipinski definition) is 3. The van der Waals surface area contributed by atoms with Crippen molar-refractivity contribution in [2.45, 2.75) is 18.9 Å². The monoisotopic (exact) mass is 157 g/mol. The molecule has 1 rings (SSSR count). The lowest BCUT2D eigenvalue weighted by atomic mass is 9.80. The number of nitrogens with one attached hydrogen (secondary N) is 2. The molecule has 4 heteroatoms. The maximum atomic E-state index is 10.8. The molecule has 0 saturated heterocycles. The lowest BCUT2D eigenvalue weighted by molar-refractivity contribution is 0.207. The van der Waals surface area contributed by atoms with Crippen molar-refractivity contribution in [3.05, 3.63) is 0 Å². The Kier molecular flexibility index (Phi) is 2.70. The van der Waals surface area contributed by atoms with E-state index in [2.05, 4.69) is 10.6 Å². The molecule has 11 heavy (non-hydrogen) atoms. The summed E-state index contributed by atoms with van der Waals surface area (Å²) in [7, 11) is 1.62. The van der Waals surface area contributed by atoms with E-state index in [4.69, 9.17) is 5.73 Å². The van der Waals surface area contributed by atoms with E-state index >= 15 is 0 Å². The molecule has 0 aromatic rings. The SMILES string of the molecule is CNC(=O)NC1CC(CN)C1. The number of hydrogen-bond acceptors (Lipinski definition) is 2. The average molecular weight is 157 g/mol. The van der Waals surface area contributed by atoms with Gasteiger partial charge in [-0.3, -0.25) is 0 Å². The van der Waals surface area contributed by atoms with E-state index in [1.165, 1.54) is 0 Å². The summed E-state index contributed by atoms with van der Waals surface area (Å²) >= 11 is 0. The minimum absolute atomic E-state index is 0.0922. The van der Waals surface area contributed by atoms with Gasteiger partial charge in [0.05, 0.1) is 0 Å². The molecule has 1 saturated carbocycles. The van der Waals surface area contributed by atoms with Crippen molar-refractivity contribution in [3.63, 3.8) is 0 Å². The quantitative estimate of drug-likeness (QED) is 0.513. The summed E-state index contributed by atoms with van der Waals surface area (Å²) in [5.74, 6) is 0.622. The fraction of sp³-hybridized carbons (Fsp3) is 0.857. The predicted molar refractivity (Wildman–Crippen MR) is 43.2 cm³/mol. The largest absolute Gasteiger partial charge is 0.341 e. The second-order valence-corrected chi connectivity index (χ2v) is 2.99. The number of amides is 2. The minimum Gasteiger partial charge on any atom is -0.341 e. The van der Waals surface area contributed by atoms with Crippen LogP contribution in [0.25, 0.3) is 0 Å². The van der Waals surface area contributed by atoms with E-state index in [-0.39, 0.29) is 6.03 Å². The number of rotatable bonds is 2. The Morgan fingerprint density at radius 3 is 2.73 bits per heavy atom. The molecule has 0 aromatic carbocycles. The van der Waals surface area contributed by atoms with Gasteiger partial charge < -0.3 is 16.4 Å². The fourth-order valence-corrected chi connectivity index (χ4v) is 1.30. The smallest absolute Gasteiger partial charge is 0.314 e. The topological polar surface area (TPSA) is 67.2 Å². The molecule has 2 amide bonds. The van der Waals surface area contributed by atoms with Crippen LogP contribution in [0.5, 0.6) is 0 Å². The molecule has 0 heterocycles. The summed E-state index contributed by atoms with van der Waals surface area (Å²) in [6.07, 6.45) is 2.06. The molecule has 0 atom stereocenters. The van der Waals surface area contributed by atoms with Crippen molar-refractivity contribution >= 4 is 6.03 Å². The van der Waals surface area contributed by atoms with Crippen molar-refractivity contribution in [2.24, 2.45) is 11.7 Å². The molecule has 4 N–H and O–H groups in total. The van der Waals surface area contributed by atoms with Crippen molar-refractivity contribution in [2.75, 3.05) is 13.6 Å². The molecule has 0 aliphatic heterocycles. The zero-order valence-corrected chi connectivity index (χ0v) is 6.76. The average Bonchev–Trinajstić information content (AvgIpc) is 1.95. The highest BCUT2D eigenvalue weighted by atomic mass is 16.2. The minimum atomic E-state index is -0.0922. The molecule has 0 aromatic heterocycles. The normalized spacial score (nSPS) is 28.9. The van der Waals surface area contributed by atoms with Crippen LogP contribution < -0.4 is 16.4 Å². The Labute approximate surface area is 66.5 Å². The second kappa shape index (κ2) is 3.57. The molecule has 1 aliphatic rings. The summed E-state index contributed by atoms with van der Waals surface area (Å²) in [5, 5.41) is 5.34. The Bertz CT molecular complexity index is 143. The highest BCUT2D eigenvalue weighted by molar-refractivity contribution is 5.73. The molecule has 0 spiro atoms. The van der Waals surface area contributed by atoms with Gasteiger partial charge in [-0.2, -0.15) is 0 Å². The van der Waals surface area contributed by atoms with E-state index < -0.39 is 0 Å². The van der Waals surface area contributed by atoms with Crippen LogP contribution >= 0.6 is 0 Å². The number of carbonyl (C=O) groups excluding carboxylic acids is 1. The van der Waals surface area contributed by atoms with Crippen molar-refractivity contribution in [1.82, 2.24) is 10.6 Å². The third-order valence-electron chi connectivity index (χ3n) is 2.13. The molecular weight excluding hydrogens is 142 g/mol. The van der Waals surface area contributed by atoms with Crippen LogP contribution in [-0.4, -0.2) is 25.7 Å². The number of nitrogens with two attached hydrogens (primary N) is 1. The molecule has 0 bridgehead atoms. The maximum Gasteiger partial charge on any atom is 0.314 e. The van der Waals surface area contributed by atoms with Gasteiger partial charge >= 0.3 is 6.03 Å². The van der Waals surface area contributed by atoms with Gasteiger partial charge in [0.1, 0.15) is 0 Å². The van der Waals surface area contributed by atoms with Crippen LogP contribution in [0.3, 0.4) is 0 Å². The van der Waals surface area contributed by atoms with E-state index in [0.717, 1.165) is 19.4 Å². The van der Waals surface area contributed by atoms with Crippen molar-refractivity contribution in [3.8, 4) is 0 Å². The van der Waals surface area contributed by atoms with Gasteiger partial charge in [0.25, 0.3) is 0 Å². The van der Waals surface area contributed by atoms with Crippen LogP contribution in [0.15, 0.2) is 0 Å². The first-order valence-corrected chi connectivity index (χ1v) is 3.94. The molecule has 0 radical (unpaired) electrons. The third-order valence-corrected chi connectivity index (χ3v) is 2.13. The van der Waals surface area contributed by atoms with Crippen LogP contribution in [0.2, 0.25) is 0 Å². The first-order chi connectivity index (χ1) is 5.26. The highest BCUT2D eigenvalue weighted by Crippen LogP contribution is 2.25. The summed E-state index contributed by atoms with van der Waals surface area (Å²) in [4.78, 5) is 10.8. The molecule has 1 aliphatic carbocycles. The highest BCUT2D eigenvalue weighted by Gasteiger charge is 2.28. The van der Waals surface area contributed by atoms with Crippen LogP contribution in [0.4, 0.5) is 4.79 Å². The van der Waals surface area contributed by atoms with Crippen LogP contribution in [-0.2, 0) is 0 Å². The van der Waals surface area contributed by atoms with Gasteiger partial charge in [0.2, 0.25) is 0 Å². The predicted octanol–water partition coefficient (Wildman–Crippen LogP) is -0.347. The summed E-state index contributed by atoms with van der Waals surface area (Å²) in [5.41, 5.74) is 5.43. The number of urea groups is 1. The van der Waals surface area contributed by atoms with E-state index in [0.29, 0.717) is 12.0 Å². The summed E-state index contributed by atoms with van der Waals surface area (Å²) in [6.45, 7) is 0.742. The van der Waals surface area contributed by atoms with E-state index in [9.17, 15) is 4.79 Å². The van der Waals surface area contributed by atoms with E-state index in [1.54, 1.807) is 7.05 Å². The molecule has 1 fully saturated rings. The van der Waals surface area contributed by atoms with Gasteiger partial charge in [-0.05, 0) is 25.3 Å². The molecule has 0 unspecified atom stereocenters. The number of carbonyl (C=O) groups is 1. The first kappa shape index (κ1) is 8.33. The van der Waals surface area contributed by atoms with Crippen molar-refractivity contribution < 1.29 is 4.79 Å². The van der Waals surface area contributed by atoms with Crippen LogP contribution in [0.1, 0.15) is 12.8 Å². The Morgan fingerprint density at radius 1 is 1.64 bits per heavy atom. The van der Waals surface area contributed by atoms with E-state index in [1.807, 2.05) is 0 Å². The Hall–Kier alpha value is -0.770. The lowest BCUT2D eigenvalue weighted by Crippen LogP contribution is -2.49. The summed E-state index contributed by atoms with van der Waals surface area (Å²) < 4.78 is 0. The van der Waals surface area contributed by atoms with Gasteiger partial charge in [0, 0.05) is 13.1 Å². The van der Waals surface area contributed by atoms with Gasteiger partial charge in [-0.25, -0.2) is 4.79 Å². The second-order valence-electron chi connectivity index (χ2n) is 2.99. The van der Waals surface area contributed by atoms with Gasteiger partial charge in [0.15, 0.2) is 0 Å². The van der Waals surface area contributed by atoms with Gasteiger partial charge in [-0.1, -0.05) is 0 Å². The molecular formula is C7H15N3O. The Balaban J connectivity index is 2.08. The standard InChI is InChI=1S/C7H15N3O/c1-9-7(11)10-6-2-5(3-6)4-8/h5-6H,2-4,8H2,1H3,(H2,9,10,11). The zero-order valence-electron chi connectivity index (χ0n) is 6.76. The zero-order chi connectivity index (χ0) is 8.27. The fourth-order valence-electron chi connectivity index (χ4n) is 1.30. The summed E-state index contributed by atoms with van der Waals surface area (Å²) in [6, 6.07) is 0.258. The molecule has 4 nitrogen and oxygen atoms in total. The van der Waals surface area contributed by atoms with Crippen molar-refractivity contribution in [1.29, 1.82) is 0 Å². The maximum absolute atomic E-state index is 10.8. The van der Waals surface area contributed by atoms with Gasteiger partial charge in [-0.15, -0.1) is 0 Å². The third kappa shape index (κ3) is 2.08.